The number of hydrogen-bond donors (Lipinski definition) is 1. The summed E-state index contributed by atoms with van der Waals surface area (Å²) in [5.74, 6) is -0.759. The number of carbonyl (C=O) groups excluding carboxylic acids is 3. The molecule has 1 aliphatic heterocycles. The van der Waals surface area contributed by atoms with Crippen LogP contribution in [-0.2, 0) is 4.79 Å². The first kappa shape index (κ1) is 15.9. The zero-order valence-electron chi connectivity index (χ0n) is 13.5. The first-order valence-corrected chi connectivity index (χ1v) is 7.91. The Morgan fingerprint density at radius 1 is 1.17 bits per heavy atom. The van der Waals surface area contributed by atoms with Gasteiger partial charge in [-0.3, -0.25) is 19.3 Å². The van der Waals surface area contributed by atoms with Gasteiger partial charge in [0.05, 0.1) is 0 Å². The zero-order valence-corrected chi connectivity index (χ0v) is 13.5. The van der Waals surface area contributed by atoms with Gasteiger partial charge in [-0.1, -0.05) is 25.1 Å². The summed E-state index contributed by atoms with van der Waals surface area (Å²) in [5, 5.41) is 4.17. The topological polar surface area (TPSA) is 66.5 Å². The van der Waals surface area contributed by atoms with Gasteiger partial charge in [0, 0.05) is 40.6 Å². The molecule has 0 atom stereocenters. The van der Waals surface area contributed by atoms with Crippen LogP contribution in [0.5, 0.6) is 0 Å². The van der Waals surface area contributed by atoms with Gasteiger partial charge in [-0.2, -0.15) is 0 Å². The number of hydrogen-bond acceptors (Lipinski definition) is 3. The Kier molecular flexibility index (Phi) is 4.16. The maximum atomic E-state index is 12.6. The molecule has 0 aromatic heterocycles. The number of rotatable bonds is 5. The van der Waals surface area contributed by atoms with Crippen molar-refractivity contribution in [1.29, 1.82) is 0 Å². The lowest BCUT2D eigenvalue weighted by molar-refractivity contribution is -0.116. The van der Waals surface area contributed by atoms with E-state index in [1.165, 1.54) is 11.0 Å². The van der Waals surface area contributed by atoms with Gasteiger partial charge < -0.3 is 5.32 Å². The summed E-state index contributed by atoms with van der Waals surface area (Å²) in [6, 6.07) is 8.66. The van der Waals surface area contributed by atoms with Crippen molar-refractivity contribution < 1.29 is 14.4 Å². The Morgan fingerprint density at radius 2 is 1.88 bits per heavy atom. The summed E-state index contributed by atoms with van der Waals surface area (Å²) in [4.78, 5) is 38.3. The van der Waals surface area contributed by atoms with E-state index in [2.05, 4.69) is 11.9 Å². The molecule has 5 heteroatoms. The number of nitrogens with one attached hydrogen (secondary N) is 1. The van der Waals surface area contributed by atoms with Crippen molar-refractivity contribution in [2.24, 2.45) is 0 Å². The van der Waals surface area contributed by atoms with E-state index in [9.17, 15) is 14.4 Å². The first-order valence-electron chi connectivity index (χ1n) is 7.91. The van der Waals surface area contributed by atoms with Crippen LogP contribution >= 0.6 is 0 Å². The van der Waals surface area contributed by atoms with Crippen LogP contribution in [0.4, 0.5) is 5.69 Å². The third-order valence-corrected chi connectivity index (χ3v) is 4.05. The van der Waals surface area contributed by atoms with E-state index < -0.39 is 0 Å². The van der Waals surface area contributed by atoms with Gasteiger partial charge in [0.15, 0.2) is 0 Å². The average molecular weight is 322 g/mol. The summed E-state index contributed by atoms with van der Waals surface area (Å²) >= 11 is 0. The lowest BCUT2D eigenvalue weighted by Crippen LogP contribution is -2.40. The molecule has 0 saturated heterocycles. The highest BCUT2D eigenvalue weighted by molar-refractivity contribution is 6.27. The SMILES string of the molecule is C=CCN1C(=O)c2cccc3c(NC(=O)CCC)ccc(c23)C1=O. The van der Waals surface area contributed by atoms with E-state index in [1.54, 1.807) is 24.3 Å². The molecule has 3 amide bonds. The van der Waals surface area contributed by atoms with Crippen LogP contribution in [0.25, 0.3) is 10.8 Å². The van der Waals surface area contributed by atoms with Gasteiger partial charge in [0.2, 0.25) is 5.91 Å². The monoisotopic (exact) mass is 322 g/mol. The molecule has 0 saturated carbocycles. The Morgan fingerprint density at radius 3 is 2.54 bits per heavy atom. The molecule has 0 radical (unpaired) electrons. The van der Waals surface area contributed by atoms with Crippen molar-refractivity contribution in [3.63, 3.8) is 0 Å². The largest absolute Gasteiger partial charge is 0.326 e. The second-order valence-electron chi connectivity index (χ2n) is 5.70. The fraction of sp³-hybridized carbons (Fsp3) is 0.211. The molecule has 2 aromatic carbocycles. The summed E-state index contributed by atoms with van der Waals surface area (Å²) in [6.45, 7) is 5.70. The summed E-state index contributed by atoms with van der Waals surface area (Å²) < 4.78 is 0. The number of imide groups is 1. The van der Waals surface area contributed by atoms with Crippen molar-refractivity contribution in [2.75, 3.05) is 11.9 Å². The molecule has 24 heavy (non-hydrogen) atoms. The van der Waals surface area contributed by atoms with Crippen molar-refractivity contribution >= 4 is 34.2 Å². The number of nitrogens with zero attached hydrogens (tertiary/aromatic N) is 1. The number of anilines is 1. The minimum atomic E-state index is -0.338. The predicted molar refractivity (Wildman–Crippen MR) is 93.0 cm³/mol. The normalized spacial score (nSPS) is 13.3. The van der Waals surface area contributed by atoms with E-state index in [-0.39, 0.29) is 24.3 Å². The van der Waals surface area contributed by atoms with E-state index >= 15 is 0 Å². The molecule has 3 rings (SSSR count). The Bertz CT molecular complexity index is 848. The molecule has 5 nitrogen and oxygen atoms in total. The van der Waals surface area contributed by atoms with Gasteiger partial charge in [-0.25, -0.2) is 0 Å². The maximum Gasteiger partial charge on any atom is 0.261 e. The zero-order chi connectivity index (χ0) is 17.3. The Labute approximate surface area is 139 Å². The first-order chi connectivity index (χ1) is 11.6. The summed E-state index contributed by atoms with van der Waals surface area (Å²) in [5.41, 5.74) is 1.55. The Hall–Kier alpha value is -2.95. The van der Waals surface area contributed by atoms with E-state index in [0.29, 0.717) is 34.0 Å². The average Bonchev–Trinajstić information content (AvgIpc) is 2.57. The van der Waals surface area contributed by atoms with Crippen LogP contribution in [0.1, 0.15) is 40.5 Å². The number of carbonyl (C=O) groups is 3. The molecule has 1 heterocycles. The highest BCUT2D eigenvalue weighted by Crippen LogP contribution is 2.34. The second-order valence-corrected chi connectivity index (χ2v) is 5.70. The van der Waals surface area contributed by atoms with Gasteiger partial charge in [-0.05, 0) is 24.6 Å². The Balaban J connectivity index is 2.16. The van der Waals surface area contributed by atoms with Crippen LogP contribution < -0.4 is 5.32 Å². The van der Waals surface area contributed by atoms with Crippen LogP contribution in [0, 0.1) is 0 Å². The fourth-order valence-electron chi connectivity index (χ4n) is 2.99. The molecule has 0 fully saturated rings. The quantitative estimate of drug-likeness (QED) is 0.678. The highest BCUT2D eigenvalue weighted by Gasteiger charge is 2.32. The molecule has 0 spiro atoms. The fourth-order valence-corrected chi connectivity index (χ4v) is 2.99. The van der Waals surface area contributed by atoms with E-state index in [4.69, 9.17) is 0 Å². The molecule has 1 aliphatic rings. The van der Waals surface area contributed by atoms with Crippen LogP contribution in [-0.4, -0.2) is 29.2 Å². The van der Waals surface area contributed by atoms with Gasteiger partial charge >= 0.3 is 0 Å². The minimum Gasteiger partial charge on any atom is -0.326 e. The van der Waals surface area contributed by atoms with Gasteiger partial charge in [0.25, 0.3) is 11.8 Å². The van der Waals surface area contributed by atoms with E-state index in [1.807, 2.05) is 13.0 Å². The predicted octanol–water partition coefficient (Wildman–Crippen LogP) is 3.36. The summed E-state index contributed by atoms with van der Waals surface area (Å²) in [7, 11) is 0. The second kappa shape index (κ2) is 6.28. The summed E-state index contributed by atoms with van der Waals surface area (Å²) in [6.07, 6.45) is 2.70. The van der Waals surface area contributed by atoms with Crippen molar-refractivity contribution in [3.8, 4) is 0 Å². The van der Waals surface area contributed by atoms with Crippen molar-refractivity contribution in [3.05, 3.63) is 54.1 Å². The molecule has 0 aliphatic carbocycles. The van der Waals surface area contributed by atoms with E-state index in [0.717, 1.165) is 6.42 Å². The molecule has 1 N–H and O–H groups in total. The number of benzene rings is 2. The maximum absolute atomic E-state index is 12.6. The smallest absolute Gasteiger partial charge is 0.261 e. The van der Waals surface area contributed by atoms with Gasteiger partial charge in [0.1, 0.15) is 0 Å². The standard InChI is InChI=1S/C19H18N2O3/c1-3-6-16(22)20-15-10-9-14-17-12(15)7-5-8-13(17)18(23)21(11-4-2)19(14)24/h4-5,7-10H,2-3,6,11H2,1H3,(H,20,22). The third-order valence-electron chi connectivity index (χ3n) is 4.05. The molecule has 0 unspecified atom stereocenters. The van der Waals surface area contributed by atoms with Crippen LogP contribution in [0.15, 0.2) is 43.0 Å². The molecule has 2 aromatic rings. The number of amides is 3. The van der Waals surface area contributed by atoms with Crippen LogP contribution in [0.2, 0.25) is 0 Å². The minimum absolute atomic E-state index is 0.0834. The molecule has 122 valence electrons. The molecular weight excluding hydrogens is 304 g/mol. The van der Waals surface area contributed by atoms with Gasteiger partial charge in [-0.15, -0.1) is 6.58 Å². The molecular formula is C19H18N2O3. The lowest BCUT2D eigenvalue weighted by atomic mass is 9.93. The van der Waals surface area contributed by atoms with Crippen LogP contribution in [0.3, 0.4) is 0 Å². The lowest BCUT2D eigenvalue weighted by Gasteiger charge is -2.26. The van der Waals surface area contributed by atoms with Crippen molar-refractivity contribution in [1.82, 2.24) is 4.90 Å². The highest BCUT2D eigenvalue weighted by atomic mass is 16.2. The van der Waals surface area contributed by atoms with Crippen molar-refractivity contribution in [2.45, 2.75) is 19.8 Å². The third kappa shape index (κ3) is 2.48. The molecule has 0 bridgehead atoms.